The van der Waals surface area contributed by atoms with Crippen LogP contribution in [0.1, 0.15) is 29.9 Å². The Morgan fingerprint density at radius 3 is 2.53 bits per heavy atom. The molecular weight excluding hydrogens is 468 g/mol. The van der Waals surface area contributed by atoms with Gasteiger partial charge in [0.25, 0.3) is 0 Å². The van der Waals surface area contributed by atoms with Crippen molar-refractivity contribution in [1.82, 2.24) is 20.3 Å². The fourth-order valence-electron chi connectivity index (χ4n) is 5.30. The van der Waals surface area contributed by atoms with Crippen LogP contribution >= 0.6 is 11.8 Å². The second-order valence-electron chi connectivity index (χ2n) is 9.95. The van der Waals surface area contributed by atoms with Crippen molar-refractivity contribution >= 4 is 17.7 Å². The molecule has 5 rings (SSSR count). The second kappa shape index (κ2) is 12.6. The molecule has 0 bridgehead atoms. The highest BCUT2D eigenvalue weighted by molar-refractivity contribution is 7.98. The van der Waals surface area contributed by atoms with Gasteiger partial charge in [0.1, 0.15) is 5.76 Å². The van der Waals surface area contributed by atoms with Gasteiger partial charge in [0.15, 0.2) is 0 Å². The van der Waals surface area contributed by atoms with Crippen LogP contribution in [0.15, 0.2) is 76.1 Å². The van der Waals surface area contributed by atoms with Crippen molar-refractivity contribution in [1.29, 1.82) is 0 Å². The summed E-state index contributed by atoms with van der Waals surface area (Å²) in [5, 5.41) is 7.88. The lowest BCUT2D eigenvalue weighted by Gasteiger charge is -2.37. The van der Waals surface area contributed by atoms with Crippen LogP contribution in [0.25, 0.3) is 0 Å². The Kier molecular flexibility index (Phi) is 8.75. The fourth-order valence-corrected chi connectivity index (χ4v) is 6.09. The van der Waals surface area contributed by atoms with Crippen molar-refractivity contribution in [3.63, 3.8) is 0 Å². The predicted octanol–water partition coefficient (Wildman–Crippen LogP) is 4.47. The van der Waals surface area contributed by atoms with Gasteiger partial charge < -0.3 is 14.7 Å². The Bertz CT molecular complexity index is 1080. The molecule has 1 N–H and O–H groups in total. The highest BCUT2D eigenvalue weighted by Gasteiger charge is 2.30. The molecule has 3 heterocycles. The van der Waals surface area contributed by atoms with Gasteiger partial charge in [0.05, 0.1) is 11.4 Å². The molecular formula is C29H36N4O2S. The van der Waals surface area contributed by atoms with E-state index in [-0.39, 0.29) is 0 Å². The van der Waals surface area contributed by atoms with E-state index in [1.165, 1.54) is 10.5 Å². The van der Waals surface area contributed by atoms with Crippen LogP contribution in [0.2, 0.25) is 0 Å². The number of piperidine rings is 1. The summed E-state index contributed by atoms with van der Waals surface area (Å²) in [4.78, 5) is 19.0. The van der Waals surface area contributed by atoms with Gasteiger partial charge in [0.2, 0.25) is 5.91 Å². The Morgan fingerprint density at radius 2 is 1.75 bits per heavy atom. The van der Waals surface area contributed by atoms with Gasteiger partial charge in [-0.2, -0.15) is 0 Å². The lowest BCUT2D eigenvalue weighted by molar-refractivity contribution is -0.134. The minimum atomic E-state index is 0.311. The van der Waals surface area contributed by atoms with Crippen LogP contribution in [0.4, 0.5) is 0 Å². The maximum absolute atomic E-state index is 13.2. The third-order valence-electron chi connectivity index (χ3n) is 7.38. The van der Waals surface area contributed by atoms with E-state index in [2.05, 4.69) is 80.9 Å². The Balaban J connectivity index is 1.09. The number of thioether (sulfide) groups is 1. The third kappa shape index (κ3) is 6.99. The summed E-state index contributed by atoms with van der Waals surface area (Å²) < 4.78 is 5.62. The lowest BCUT2D eigenvalue weighted by atomic mass is 9.81. The quantitative estimate of drug-likeness (QED) is 0.434. The monoisotopic (exact) mass is 504 g/mol. The first-order valence-electron chi connectivity index (χ1n) is 13.1. The Labute approximate surface area is 218 Å². The smallest absolute Gasteiger partial charge is 0.222 e. The summed E-state index contributed by atoms with van der Waals surface area (Å²) in [6, 6.07) is 23.0. The third-order valence-corrected chi connectivity index (χ3v) is 8.41. The average Bonchev–Trinajstić information content (AvgIpc) is 3.37. The first kappa shape index (κ1) is 25.1. The van der Waals surface area contributed by atoms with E-state index in [1.54, 1.807) is 11.8 Å². The van der Waals surface area contributed by atoms with E-state index < -0.39 is 0 Å². The zero-order valence-electron chi connectivity index (χ0n) is 20.9. The number of benzene rings is 2. The fraction of sp³-hybridized carbons (Fsp3) is 0.448. The summed E-state index contributed by atoms with van der Waals surface area (Å²) in [7, 11) is 0. The van der Waals surface area contributed by atoms with Crippen molar-refractivity contribution in [2.24, 2.45) is 11.8 Å². The molecule has 0 radical (unpaired) electrons. The first-order valence-corrected chi connectivity index (χ1v) is 14.1. The highest BCUT2D eigenvalue weighted by Crippen LogP contribution is 2.28. The van der Waals surface area contributed by atoms with Gasteiger partial charge in [-0.05, 0) is 55.5 Å². The topological polar surface area (TPSA) is 61.6 Å². The first-order chi connectivity index (χ1) is 17.7. The van der Waals surface area contributed by atoms with Crippen LogP contribution in [0.5, 0.6) is 0 Å². The molecule has 2 aliphatic heterocycles. The molecule has 2 aromatic carbocycles. The maximum atomic E-state index is 13.2. The normalized spacial score (nSPS) is 20.9. The van der Waals surface area contributed by atoms with Gasteiger partial charge in [-0.1, -0.05) is 53.7 Å². The van der Waals surface area contributed by atoms with E-state index in [0.717, 1.165) is 75.9 Å². The predicted molar refractivity (Wildman–Crippen MR) is 144 cm³/mol. The van der Waals surface area contributed by atoms with Gasteiger partial charge in [-0.3, -0.25) is 9.69 Å². The molecule has 7 heteroatoms. The van der Waals surface area contributed by atoms with Crippen LogP contribution in [0, 0.1) is 11.8 Å². The van der Waals surface area contributed by atoms with Crippen molar-refractivity contribution in [3.8, 4) is 0 Å². The zero-order chi connectivity index (χ0) is 24.6. The van der Waals surface area contributed by atoms with Gasteiger partial charge in [-0.15, -0.1) is 11.8 Å². The van der Waals surface area contributed by atoms with Crippen molar-refractivity contribution in [3.05, 3.63) is 83.7 Å². The molecule has 190 valence electrons. The zero-order valence-corrected chi connectivity index (χ0v) is 21.7. The molecule has 0 aliphatic carbocycles. The van der Waals surface area contributed by atoms with Crippen molar-refractivity contribution in [2.45, 2.75) is 36.5 Å². The Morgan fingerprint density at radius 1 is 1.00 bits per heavy atom. The molecule has 0 saturated carbocycles. The minimum absolute atomic E-state index is 0.311. The Hall–Kier alpha value is -2.61. The van der Waals surface area contributed by atoms with Crippen molar-refractivity contribution < 1.29 is 9.32 Å². The van der Waals surface area contributed by atoms with Crippen LogP contribution in [-0.4, -0.2) is 60.1 Å². The number of carbonyl (C=O) groups is 1. The van der Waals surface area contributed by atoms with Crippen LogP contribution in [-0.2, 0) is 23.5 Å². The highest BCUT2D eigenvalue weighted by atomic mass is 32.2. The van der Waals surface area contributed by atoms with E-state index in [4.69, 9.17) is 4.52 Å². The molecule has 2 atom stereocenters. The number of nitrogens with zero attached hydrogens (tertiary/aromatic N) is 3. The number of hydrogen-bond donors (Lipinski definition) is 1. The lowest BCUT2D eigenvalue weighted by Crippen LogP contribution is -2.49. The number of carbonyl (C=O) groups excluding carboxylic acids is 1. The maximum Gasteiger partial charge on any atom is 0.222 e. The minimum Gasteiger partial charge on any atom is -0.360 e. The van der Waals surface area contributed by atoms with Gasteiger partial charge in [-0.25, -0.2) is 0 Å². The molecule has 2 saturated heterocycles. The summed E-state index contributed by atoms with van der Waals surface area (Å²) in [6.07, 6.45) is 2.54. The number of amides is 1. The second-order valence-corrected chi connectivity index (χ2v) is 11.0. The molecule has 0 unspecified atom stereocenters. The summed E-state index contributed by atoms with van der Waals surface area (Å²) in [6.45, 7) is 6.42. The molecule has 2 fully saturated rings. The average molecular weight is 505 g/mol. The van der Waals surface area contributed by atoms with Crippen LogP contribution in [0.3, 0.4) is 0 Å². The SMILES string of the molecule is O=C(C[C@H]1CCNC[C@@H]1Cc1cc(CSc2ccccc2)on1)N1CCN(Cc2ccccc2)CC1. The molecule has 0 spiro atoms. The number of hydrogen-bond acceptors (Lipinski definition) is 6. The molecule has 36 heavy (non-hydrogen) atoms. The molecule has 3 aromatic rings. The number of rotatable bonds is 9. The number of nitrogens with one attached hydrogen (secondary N) is 1. The molecule has 1 aromatic heterocycles. The van der Waals surface area contributed by atoms with E-state index >= 15 is 0 Å². The molecule has 2 aliphatic rings. The van der Waals surface area contributed by atoms with Crippen molar-refractivity contribution in [2.75, 3.05) is 39.3 Å². The summed E-state index contributed by atoms with van der Waals surface area (Å²) >= 11 is 1.76. The molecule has 1 amide bonds. The largest absolute Gasteiger partial charge is 0.360 e. The van der Waals surface area contributed by atoms with E-state index in [0.29, 0.717) is 24.2 Å². The van der Waals surface area contributed by atoms with Gasteiger partial charge in [0, 0.05) is 50.1 Å². The van der Waals surface area contributed by atoms with Gasteiger partial charge >= 0.3 is 0 Å². The van der Waals surface area contributed by atoms with E-state index in [9.17, 15) is 4.79 Å². The number of aromatic nitrogens is 1. The molecule has 6 nitrogen and oxygen atoms in total. The summed E-state index contributed by atoms with van der Waals surface area (Å²) in [5.41, 5.74) is 2.34. The number of piperazine rings is 1. The standard InChI is InChI=1S/C29H36N4O2S/c34-29(33-15-13-32(14-16-33)21-23-7-3-1-4-8-23)18-24-11-12-30-20-25(24)17-26-19-27(35-31-26)22-36-28-9-5-2-6-10-28/h1-10,19,24-25,30H,11-18,20-22H2/t24-,25+/m1/s1. The summed E-state index contributed by atoms with van der Waals surface area (Å²) in [5.74, 6) is 2.79. The van der Waals surface area contributed by atoms with E-state index in [1.807, 2.05) is 6.07 Å². The van der Waals surface area contributed by atoms with Crippen LogP contribution < -0.4 is 5.32 Å².